The molecule has 3 fully saturated rings. The van der Waals surface area contributed by atoms with Crippen molar-refractivity contribution in [2.24, 2.45) is 0 Å². The van der Waals surface area contributed by atoms with Crippen LogP contribution in [0.4, 0.5) is 10.5 Å². The van der Waals surface area contributed by atoms with Crippen LogP contribution < -0.4 is 4.90 Å². The Balaban J connectivity index is 1.43. The summed E-state index contributed by atoms with van der Waals surface area (Å²) >= 11 is 1.77. The van der Waals surface area contributed by atoms with Gasteiger partial charge in [0.25, 0.3) is 0 Å². The van der Waals surface area contributed by atoms with Crippen LogP contribution in [0.3, 0.4) is 0 Å². The second-order valence-electron chi connectivity index (χ2n) is 9.41. The molecular weight excluding hydrogens is 414 g/mol. The van der Waals surface area contributed by atoms with Gasteiger partial charge in [0.2, 0.25) is 5.91 Å². The lowest BCUT2D eigenvalue weighted by molar-refractivity contribution is -0.134. The van der Waals surface area contributed by atoms with E-state index in [9.17, 15) is 9.59 Å². The molecule has 8 nitrogen and oxygen atoms in total. The van der Waals surface area contributed by atoms with E-state index in [4.69, 9.17) is 4.74 Å². The number of amides is 2. The summed E-state index contributed by atoms with van der Waals surface area (Å²) in [6, 6.07) is 3.82. The minimum atomic E-state index is -0.581. The minimum absolute atomic E-state index is 0.0637. The summed E-state index contributed by atoms with van der Waals surface area (Å²) in [5.41, 5.74) is 0.610. The van der Waals surface area contributed by atoms with Gasteiger partial charge in [-0.05, 0) is 39.3 Å². The van der Waals surface area contributed by atoms with E-state index in [2.05, 4.69) is 14.8 Å². The third-order valence-electron chi connectivity index (χ3n) is 6.11. The van der Waals surface area contributed by atoms with Crippen molar-refractivity contribution in [3.63, 3.8) is 0 Å². The molecule has 170 valence electrons. The van der Waals surface area contributed by atoms with Crippen LogP contribution >= 0.6 is 11.8 Å². The molecule has 3 saturated heterocycles. The van der Waals surface area contributed by atoms with Crippen LogP contribution in [-0.2, 0) is 9.53 Å². The van der Waals surface area contributed by atoms with E-state index >= 15 is 0 Å². The summed E-state index contributed by atoms with van der Waals surface area (Å²) in [4.78, 5) is 38.6. The van der Waals surface area contributed by atoms with Gasteiger partial charge in [-0.2, -0.15) is 0 Å². The van der Waals surface area contributed by atoms with Gasteiger partial charge in [-0.15, -0.1) is 11.8 Å². The minimum Gasteiger partial charge on any atom is -0.444 e. The number of carbonyl (C=O) groups is 2. The first kappa shape index (κ1) is 22.2. The molecule has 3 aliphatic rings. The predicted molar refractivity (Wildman–Crippen MR) is 122 cm³/mol. The van der Waals surface area contributed by atoms with E-state index in [-0.39, 0.29) is 18.0 Å². The van der Waals surface area contributed by atoms with Crippen LogP contribution in [0.2, 0.25) is 0 Å². The monoisotopic (exact) mass is 447 g/mol. The topological polar surface area (TPSA) is 69.2 Å². The van der Waals surface area contributed by atoms with Crippen molar-refractivity contribution in [2.45, 2.75) is 44.9 Å². The molecule has 1 aromatic heterocycles. The number of nitrogens with zero attached hydrogens (tertiary/aromatic N) is 5. The lowest BCUT2D eigenvalue weighted by Gasteiger charge is -2.39. The van der Waals surface area contributed by atoms with Crippen molar-refractivity contribution >= 4 is 29.4 Å². The number of piperazine rings is 1. The highest BCUT2D eigenvalue weighted by Gasteiger charge is 2.45. The number of hydrogen-bond acceptors (Lipinski definition) is 7. The first-order valence-corrected chi connectivity index (χ1v) is 12.2. The molecule has 2 atom stereocenters. The fourth-order valence-electron chi connectivity index (χ4n) is 4.53. The van der Waals surface area contributed by atoms with E-state index in [1.807, 2.05) is 50.2 Å². The molecule has 9 heteroatoms. The zero-order valence-electron chi connectivity index (χ0n) is 18.7. The molecule has 0 aromatic carbocycles. The van der Waals surface area contributed by atoms with Crippen LogP contribution in [0.1, 0.15) is 27.2 Å². The number of aromatic nitrogens is 1. The maximum Gasteiger partial charge on any atom is 0.411 e. The molecule has 0 unspecified atom stereocenters. The second kappa shape index (κ2) is 9.24. The normalized spacial score (nSPS) is 25.2. The number of pyridine rings is 1. The Bertz CT molecular complexity index is 773. The molecular formula is C22H33N5O3S. The van der Waals surface area contributed by atoms with Crippen LogP contribution in [-0.4, -0.2) is 100 Å². The average Bonchev–Trinajstić information content (AvgIpc) is 3.43. The van der Waals surface area contributed by atoms with Gasteiger partial charge in [0.05, 0.1) is 5.88 Å². The van der Waals surface area contributed by atoms with E-state index in [0.29, 0.717) is 18.8 Å². The molecule has 0 spiro atoms. The molecule has 4 heterocycles. The standard InChI is InChI=1S/C22H33N5O3S/c1-22(2,3)30-21(29)27-15-18(14-19(27)20(28)26-12-13-31-16-26)25-10-8-24(9-11-25)17-4-6-23-7-5-17/h4-7,18-19H,8-16H2,1-3H3/t18-,19-/m0/s1. The Morgan fingerprint density at radius 3 is 2.42 bits per heavy atom. The lowest BCUT2D eigenvalue weighted by Crippen LogP contribution is -2.51. The van der Waals surface area contributed by atoms with Crippen LogP contribution in [0.5, 0.6) is 0 Å². The smallest absolute Gasteiger partial charge is 0.411 e. The van der Waals surface area contributed by atoms with Gasteiger partial charge in [-0.25, -0.2) is 4.79 Å². The number of rotatable bonds is 3. The summed E-state index contributed by atoms with van der Waals surface area (Å²) in [5, 5.41) is 0. The number of likely N-dealkylation sites (tertiary alicyclic amines) is 1. The van der Waals surface area contributed by atoms with Gasteiger partial charge in [0, 0.05) is 69.1 Å². The van der Waals surface area contributed by atoms with Crippen LogP contribution in [0, 0.1) is 0 Å². The maximum absolute atomic E-state index is 13.2. The summed E-state index contributed by atoms with van der Waals surface area (Å²) in [7, 11) is 0. The molecule has 0 bridgehead atoms. The molecule has 0 N–H and O–H groups in total. The van der Waals surface area contributed by atoms with Gasteiger partial charge < -0.3 is 14.5 Å². The largest absolute Gasteiger partial charge is 0.444 e. The van der Waals surface area contributed by atoms with E-state index in [1.165, 1.54) is 5.69 Å². The van der Waals surface area contributed by atoms with Crippen LogP contribution in [0.15, 0.2) is 24.5 Å². The van der Waals surface area contributed by atoms with Crippen molar-refractivity contribution in [3.8, 4) is 0 Å². The fourth-order valence-corrected chi connectivity index (χ4v) is 5.49. The summed E-state index contributed by atoms with van der Waals surface area (Å²) in [6.07, 6.45) is 3.94. The van der Waals surface area contributed by atoms with Crippen molar-refractivity contribution in [2.75, 3.05) is 55.8 Å². The Morgan fingerprint density at radius 2 is 1.81 bits per heavy atom. The van der Waals surface area contributed by atoms with E-state index in [0.717, 1.165) is 38.5 Å². The lowest BCUT2D eigenvalue weighted by atomic mass is 10.1. The zero-order chi connectivity index (χ0) is 22.0. The highest BCUT2D eigenvalue weighted by atomic mass is 32.2. The highest BCUT2D eigenvalue weighted by Crippen LogP contribution is 2.29. The van der Waals surface area contributed by atoms with Gasteiger partial charge in [-0.3, -0.25) is 19.6 Å². The molecule has 1 aromatic rings. The number of ether oxygens (including phenoxy) is 1. The Labute approximate surface area is 188 Å². The zero-order valence-corrected chi connectivity index (χ0v) is 19.5. The summed E-state index contributed by atoms with van der Waals surface area (Å²) in [5.74, 6) is 1.74. The Morgan fingerprint density at radius 1 is 1.10 bits per heavy atom. The summed E-state index contributed by atoms with van der Waals surface area (Å²) < 4.78 is 5.65. The molecule has 3 aliphatic heterocycles. The van der Waals surface area contributed by atoms with Crippen LogP contribution in [0.25, 0.3) is 0 Å². The fraction of sp³-hybridized carbons (Fsp3) is 0.682. The third kappa shape index (κ3) is 5.26. The van der Waals surface area contributed by atoms with Gasteiger partial charge in [0.15, 0.2) is 0 Å². The molecule has 4 rings (SSSR count). The third-order valence-corrected chi connectivity index (χ3v) is 7.08. The summed E-state index contributed by atoms with van der Waals surface area (Å²) in [6.45, 7) is 10.6. The van der Waals surface area contributed by atoms with Crippen molar-refractivity contribution in [3.05, 3.63) is 24.5 Å². The molecule has 0 radical (unpaired) electrons. The molecule has 0 aliphatic carbocycles. The SMILES string of the molecule is CC(C)(C)OC(=O)N1C[C@@H](N2CCN(c3ccncc3)CC2)C[C@H]1C(=O)N1CCSC1. The number of hydrogen-bond donors (Lipinski definition) is 0. The number of anilines is 1. The van der Waals surface area contributed by atoms with Crippen molar-refractivity contribution in [1.29, 1.82) is 0 Å². The van der Waals surface area contributed by atoms with Gasteiger partial charge in [0.1, 0.15) is 11.6 Å². The first-order valence-electron chi connectivity index (χ1n) is 11.1. The number of carbonyl (C=O) groups excluding carboxylic acids is 2. The Hall–Kier alpha value is -2.00. The molecule has 0 saturated carbocycles. The molecule has 31 heavy (non-hydrogen) atoms. The average molecular weight is 448 g/mol. The number of thioether (sulfide) groups is 1. The molecule has 2 amide bonds. The van der Waals surface area contributed by atoms with Gasteiger partial charge >= 0.3 is 6.09 Å². The van der Waals surface area contributed by atoms with Crippen molar-refractivity contribution < 1.29 is 14.3 Å². The predicted octanol–water partition coefficient (Wildman–Crippen LogP) is 2.11. The van der Waals surface area contributed by atoms with Crippen molar-refractivity contribution in [1.82, 2.24) is 19.7 Å². The maximum atomic E-state index is 13.2. The first-order chi connectivity index (χ1) is 14.8. The second-order valence-corrected chi connectivity index (χ2v) is 10.5. The van der Waals surface area contributed by atoms with Gasteiger partial charge in [-0.1, -0.05) is 0 Å². The quantitative estimate of drug-likeness (QED) is 0.703. The highest BCUT2D eigenvalue weighted by molar-refractivity contribution is 7.99. The van der Waals surface area contributed by atoms with E-state index in [1.54, 1.807) is 16.7 Å². The Kier molecular flexibility index (Phi) is 6.62. The van der Waals surface area contributed by atoms with E-state index < -0.39 is 11.6 Å².